The number of nitrogens with zero attached hydrogens (tertiary/aromatic N) is 3. The fraction of sp³-hybridized carbons (Fsp3) is 0.258. The Labute approximate surface area is 241 Å². The van der Waals surface area contributed by atoms with E-state index in [0.717, 1.165) is 35.4 Å². The summed E-state index contributed by atoms with van der Waals surface area (Å²) >= 11 is 6.12. The summed E-state index contributed by atoms with van der Waals surface area (Å²) in [6.07, 6.45) is -0.847. The predicted molar refractivity (Wildman–Crippen MR) is 164 cm³/mol. The Morgan fingerprint density at radius 3 is 2.59 bits per heavy atom. The number of carbonyl (C=O) groups is 1. The summed E-state index contributed by atoms with van der Waals surface area (Å²) in [5, 5.41) is 15.2. The van der Waals surface area contributed by atoms with Crippen molar-refractivity contribution in [2.24, 2.45) is 0 Å². The minimum absolute atomic E-state index is 0.0969. The van der Waals surface area contributed by atoms with Crippen LogP contribution in [0, 0.1) is 6.92 Å². The van der Waals surface area contributed by atoms with Crippen LogP contribution in [0.1, 0.15) is 24.2 Å². The zero-order chi connectivity index (χ0) is 28.7. The summed E-state index contributed by atoms with van der Waals surface area (Å²) in [4.78, 5) is 41.3. The Balaban J connectivity index is 1.37. The van der Waals surface area contributed by atoms with Crippen molar-refractivity contribution >= 4 is 50.9 Å². The first-order valence-corrected chi connectivity index (χ1v) is 14.0. The van der Waals surface area contributed by atoms with Crippen molar-refractivity contribution in [2.45, 2.75) is 20.0 Å². The number of amides is 1. The summed E-state index contributed by atoms with van der Waals surface area (Å²) in [5.74, 6) is 1.00. The van der Waals surface area contributed by atoms with Crippen LogP contribution in [-0.2, 0) is 4.79 Å². The minimum atomic E-state index is -0.847. The fourth-order valence-corrected chi connectivity index (χ4v) is 5.68. The smallest absolute Gasteiger partial charge is 0.219 e. The molecule has 5 aromatic rings. The number of anilines is 2. The second kappa shape index (κ2) is 10.9. The molecule has 1 fully saturated rings. The molecule has 1 aliphatic rings. The highest BCUT2D eigenvalue weighted by molar-refractivity contribution is 6.30. The predicted octanol–water partition coefficient (Wildman–Crippen LogP) is 4.85. The van der Waals surface area contributed by atoms with Crippen molar-refractivity contribution in [2.75, 3.05) is 42.9 Å². The number of carbonyl (C=O) groups excluding carboxylic acids is 1. The fourth-order valence-electron chi connectivity index (χ4n) is 5.48. The lowest BCUT2D eigenvalue weighted by molar-refractivity contribution is -0.129. The number of hydrogen-bond acceptors (Lipinski definition) is 6. The zero-order valence-corrected chi connectivity index (χ0v) is 23.6. The largest absolute Gasteiger partial charge is 0.387 e. The van der Waals surface area contributed by atoms with Crippen LogP contribution in [0.3, 0.4) is 0 Å². The molecule has 0 spiro atoms. The number of aliphatic hydroxyl groups is 1. The van der Waals surface area contributed by atoms with E-state index in [2.05, 4.69) is 26.3 Å². The van der Waals surface area contributed by atoms with E-state index in [4.69, 9.17) is 16.6 Å². The van der Waals surface area contributed by atoms with Crippen LogP contribution in [0.5, 0.6) is 0 Å². The normalized spacial score (nSPS) is 14.5. The van der Waals surface area contributed by atoms with Crippen LogP contribution in [0.2, 0.25) is 5.02 Å². The topological polar surface area (TPSA) is 117 Å². The minimum Gasteiger partial charge on any atom is -0.387 e. The molecule has 3 aromatic carbocycles. The Morgan fingerprint density at radius 1 is 1.05 bits per heavy atom. The first-order valence-electron chi connectivity index (χ1n) is 13.6. The van der Waals surface area contributed by atoms with Gasteiger partial charge in [0.2, 0.25) is 11.3 Å². The number of aliphatic hydroxyl groups excluding tert-OH is 1. The number of pyridine rings is 1. The molecular formula is C31H31ClN6O3. The van der Waals surface area contributed by atoms with Gasteiger partial charge in [-0.05, 0) is 54.4 Å². The van der Waals surface area contributed by atoms with E-state index in [1.54, 1.807) is 31.2 Å². The first kappa shape index (κ1) is 26.9. The summed E-state index contributed by atoms with van der Waals surface area (Å²) in [6, 6.07) is 18.6. The average molecular weight is 571 g/mol. The maximum Gasteiger partial charge on any atom is 0.219 e. The van der Waals surface area contributed by atoms with Gasteiger partial charge in [-0.2, -0.15) is 0 Å². The molecule has 10 heteroatoms. The molecule has 1 saturated heterocycles. The highest BCUT2D eigenvalue weighted by atomic mass is 35.5. The summed E-state index contributed by atoms with van der Waals surface area (Å²) < 4.78 is 0. The highest BCUT2D eigenvalue weighted by Crippen LogP contribution is 2.31. The Morgan fingerprint density at radius 2 is 1.83 bits per heavy atom. The van der Waals surface area contributed by atoms with E-state index in [1.165, 1.54) is 0 Å². The standard InChI is InChI=1S/C31H31ClN6O3/c1-18-14-22(38-12-10-37(11-13-38)19(2)39)16-25-28(18)36-31(35-25)27-29(41)23-8-3-4-9-24(23)34-30(27)33-17-26(40)20-6-5-7-21(32)15-20/h3-9,14-16,26,40H,10-13,17H2,1-2H3,(H,35,36)(H2,33,34,41)/t26-/m0/s1. The van der Waals surface area contributed by atoms with Crippen molar-refractivity contribution < 1.29 is 9.90 Å². The number of H-pyrrole nitrogens is 2. The van der Waals surface area contributed by atoms with Crippen LogP contribution in [0.25, 0.3) is 33.3 Å². The summed E-state index contributed by atoms with van der Waals surface area (Å²) in [5.41, 5.74) is 5.18. The number of benzene rings is 3. The van der Waals surface area contributed by atoms with Gasteiger partial charge in [-0.3, -0.25) is 9.59 Å². The maximum absolute atomic E-state index is 13.8. The van der Waals surface area contributed by atoms with Crippen molar-refractivity contribution in [3.8, 4) is 11.4 Å². The average Bonchev–Trinajstić information content (AvgIpc) is 3.40. The van der Waals surface area contributed by atoms with E-state index in [9.17, 15) is 14.7 Å². The van der Waals surface area contributed by atoms with Gasteiger partial charge in [0.05, 0.1) is 22.7 Å². The molecule has 0 aliphatic carbocycles. The van der Waals surface area contributed by atoms with Crippen molar-refractivity contribution in [1.82, 2.24) is 19.9 Å². The van der Waals surface area contributed by atoms with Gasteiger partial charge in [-0.25, -0.2) is 4.98 Å². The molecule has 0 radical (unpaired) electrons. The number of para-hydroxylation sites is 1. The number of piperazine rings is 1. The molecular weight excluding hydrogens is 540 g/mol. The number of rotatable bonds is 6. The Hall–Kier alpha value is -4.34. The molecule has 4 N–H and O–H groups in total. The van der Waals surface area contributed by atoms with E-state index < -0.39 is 6.10 Å². The lowest BCUT2D eigenvalue weighted by Crippen LogP contribution is -2.48. The van der Waals surface area contributed by atoms with Crippen molar-refractivity contribution in [1.29, 1.82) is 0 Å². The zero-order valence-electron chi connectivity index (χ0n) is 22.9. The number of halogens is 1. The lowest BCUT2D eigenvalue weighted by Gasteiger charge is -2.35. The molecule has 9 nitrogen and oxygen atoms in total. The van der Waals surface area contributed by atoms with E-state index in [1.807, 2.05) is 42.2 Å². The number of nitrogens with one attached hydrogen (secondary N) is 3. The SMILES string of the molecule is CC(=O)N1CCN(c2cc(C)c3nc(-c4c(NC[C@H](O)c5cccc(Cl)c5)[nH]c5ccccc5c4=O)[nH]c3c2)CC1. The molecule has 0 unspecified atom stereocenters. The third-order valence-corrected chi connectivity index (χ3v) is 7.94. The molecule has 41 heavy (non-hydrogen) atoms. The molecule has 210 valence electrons. The second-order valence-electron chi connectivity index (χ2n) is 10.4. The van der Waals surface area contributed by atoms with Crippen molar-refractivity contribution in [3.05, 3.63) is 87.0 Å². The highest BCUT2D eigenvalue weighted by Gasteiger charge is 2.22. The third-order valence-electron chi connectivity index (χ3n) is 7.70. The molecule has 0 bridgehead atoms. The molecule has 2 aromatic heterocycles. The van der Waals surface area contributed by atoms with E-state index in [-0.39, 0.29) is 17.9 Å². The quantitative estimate of drug-likeness (QED) is 0.232. The third kappa shape index (κ3) is 5.26. The number of aromatic nitrogens is 3. The number of fused-ring (bicyclic) bond motifs is 2. The lowest BCUT2D eigenvalue weighted by atomic mass is 10.1. The summed E-state index contributed by atoms with van der Waals surface area (Å²) in [7, 11) is 0. The molecule has 1 aliphatic heterocycles. The van der Waals surface area contributed by atoms with Crippen LogP contribution >= 0.6 is 11.6 Å². The van der Waals surface area contributed by atoms with Gasteiger partial charge >= 0.3 is 0 Å². The van der Waals surface area contributed by atoms with Gasteiger partial charge in [0, 0.05) is 55.7 Å². The summed E-state index contributed by atoms with van der Waals surface area (Å²) in [6.45, 7) is 6.63. The van der Waals surface area contributed by atoms with Gasteiger partial charge in [0.25, 0.3) is 0 Å². The van der Waals surface area contributed by atoms with Gasteiger partial charge in [-0.15, -0.1) is 0 Å². The molecule has 3 heterocycles. The number of hydrogen-bond donors (Lipinski definition) is 4. The molecule has 1 atom stereocenters. The monoisotopic (exact) mass is 570 g/mol. The van der Waals surface area contributed by atoms with E-state index in [0.29, 0.717) is 51.8 Å². The number of aromatic amines is 2. The number of aryl methyl sites for hydroxylation is 1. The Bertz CT molecular complexity index is 1820. The van der Waals surface area contributed by atoms with E-state index >= 15 is 0 Å². The second-order valence-corrected chi connectivity index (χ2v) is 10.9. The van der Waals surface area contributed by atoms with Crippen LogP contribution in [-0.4, -0.2) is 63.6 Å². The van der Waals surface area contributed by atoms with Gasteiger partial charge in [0.1, 0.15) is 17.2 Å². The molecule has 0 saturated carbocycles. The number of imidazole rings is 1. The molecule has 1 amide bonds. The van der Waals surface area contributed by atoms with Gasteiger partial charge in [-0.1, -0.05) is 35.9 Å². The molecule has 6 rings (SSSR count). The Kier molecular flexibility index (Phi) is 7.15. The van der Waals surface area contributed by atoms with Gasteiger partial charge < -0.3 is 30.2 Å². The maximum atomic E-state index is 13.8. The van der Waals surface area contributed by atoms with Crippen LogP contribution in [0.15, 0.2) is 65.5 Å². The van der Waals surface area contributed by atoms with Gasteiger partial charge in [0.15, 0.2) is 0 Å². The van der Waals surface area contributed by atoms with Crippen LogP contribution in [0.4, 0.5) is 11.5 Å². The van der Waals surface area contributed by atoms with Crippen LogP contribution < -0.4 is 15.6 Å². The first-order chi connectivity index (χ1) is 19.8. The van der Waals surface area contributed by atoms with Crippen molar-refractivity contribution in [3.63, 3.8) is 0 Å².